The molecular weight excluding hydrogens is 1450 g/mol. The number of morpholine rings is 2. The van der Waals surface area contributed by atoms with Crippen molar-refractivity contribution in [2.75, 3.05) is 132 Å². The van der Waals surface area contributed by atoms with E-state index in [1.54, 1.807) is 87.2 Å². The lowest BCUT2D eigenvalue weighted by Crippen LogP contribution is -2.36. The van der Waals surface area contributed by atoms with Crippen molar-refractivity contribution in [3.8, 4) is 33.8 Å². The van der Waals surface area contributed by atoms with Gasteiger partial charge in [-0.2, -0.15) is 28.6 Å². The predicted molar refractivity (Wildman–Crippen MR) is 399 cm³/mol. The molecular formula is C67H85Br2ClN14O10P2S. The number of aromatic nitrogens is 8. The number of hydrogen-bond acceptors (Lipinski definition) is 21. The van der Waals surface area contributed by atoms with E-state index in [1.165, 1.54) is 12.1 Å². The number of halogens is 3. The zero-order chi connectivity index (χ0) is 70.8. The third-order valence-electron chi connectivity index (χ3n) is 15.1. The summed E-state index contributed by atoms with van der Waals surface area (Å²) in [5, 5.41) is 28.0. The Kier molecular flexibility index (Phi) is 28.1. The van der Waals surface area contributed by atoms with Crippen LogP contribution in [0.2, 0.25) is 5.28 Å². The van der Waals surface area contributed by atoms with Gasteiger partial charge in [0.2, 0.25) is 11.2 Å². The molecule has 0 spiro atoms. The van der Waals surface area contributed by atoms with Crippen molar-refractivity contribution in [2.24, 2.45) is 14.1 Å². The Morgan fingerprint density at radius 1 is 0.629 bits per heavy atom. The molecule has 9 aromatic rings. The van der Waals surface area contributed by atoms with Gasteiger partial charge in [-0.3, -0.25) is 13.9 Å². The van der Waals surface area contributed by atoms with E-state index in [0.717, 1.165) is 147 Å². The van der Waals surface area contributed by atoms with Crippen LogP contribution in [-0.2, 0) is 42.8 Å². The van der Waals surface area contributed by atoms with E-state index in [2.05, 4.69) is 102 Å². The van der Waals surface area contributed by atoms with E-state index < -0.39 is 24.4 Å². The predicted octanol–water partition coefficient (Wildman–Crippen LogP) is 13.3. The summed E-state index contributed by atoms with van der Waals surface area (Å²) in [6, 6.07) is 25.7. The number of rotatable bonds is 17. The zero-order valence-corrected chi connectivity index (χ0v) is 63.0. The highest BCUT2D eigenvalue weighted by Gasteiger charge is 2.23. The molecule has 0 bridgehead atoms. The van der Waals surface area contributed by atoms with Gasteiger partial charge in [0.15, 0.2) is 0 Å². The molecule has 2 saturated heterocycles. The maximum absolute atomic E-state index is 13.3. The van der Waals surface area contributed by atoms with E-state index >= 15 is 0 Å². The Balaban J connectivity index is 0.000000197. The minimum absolute atomic E-state index is 0.0666. The van der Waals surface area contributed by atoms with Crippen molar-refractivity contribution in [1.82, 2.24) is 39.5 Å². The first-order valence-electron chi connectivity index (χ1n) is 30.8. The Hall–Kier alpha value is -7.42. The smallest absolute Gasteiger partial charge is 0.294 e. The second-order valence-corrected chi connectivity index (χ2v) is 33.2. The van der Waals surface area contributed by atoms with Gasteiger partial charge in [-0.15, -0.1) is 0 Å². The fourth-order valence-corrected chi connectivity index (χ4v) is 13.3. The quantitative estimate of drug-likeness (QED) is 0.0214. The van der Waals surface area contributed by atoms with Crippen LogP contribution in [0, 0.1) is 20.8 Å². The van der Waals surface area contributed by atoms with Gasteiger partial charge in [-0.05, 0) is 168 Å². The number of aryl methyl sites for hydroxylation is 5. The van der Waals surface area contributed by atoms with Crippen LogP contribution in [0.5, 0.6) is 11.5 Å². The van der Waals surface area contributed by atoms with Crippen LogP contribution in [0.25, 0.3) is 22.3 Å². The second kappa shape index (κ2) is 35.4. The SMILES string of the molecule is CCCCO.COc1cc(N)c(C)cc1N1CCOCC1.COc1cc(Nc2ncc(Br)c(Nc3ccc(-c4cnn(C)c4)cc3P(C)(C)=O)n2)c(C)cc1N1CCOCC1.Cc1ccc(S(=O)(=O)O)cc1.Cn1cc(-c2ccc(Nc3nc(Cl)ncc3Br)c(P(C)(C)=O)c2)cn1. The van der Waals surface area contributed by atoms with Crippen LogP contribution < -0.4 is 51.6 Å². The van der Waals surface area contributed by atoms with Crippen LogP contribution in [0.15, 0.2) is 136 Å². The maximum atomic E-state index is 13.3. The van der Waals surface area contributed by atoms with Crippen molar-refractivity contribution < 1.29 is 46.2 Å². The molecule has 97 heavy (non-hydrogen) atoms. The number of aliphatic hydroxyl groups is 1. The molecule has 2 aliphatic heterocycles. The zero-order valence-electron chi connectivity index (χ0n) is 56.5. The summed E-state index contributed by atoms with van der Waals surface area (Å²) in [4.78, 5) is 21.8. The van der Waals surface area contributed by atoms with Gasteiger partial charge >= 0.3 is 0 Å². The number of nitrogens with zero attached hydrogens (tertiary/aromatic N) is 10. The minimum atomic E-state index is -4.02. The number of nitrogen functional groups attached to an aromatic ring is 1. The lowest BCUT2D eigenvalue weighted by atomic mass is 10.1. The van der Waals surface area contributed by atoms with Crippen molar-refractivity contribution in [2.45, 2.75) is 45.4 Å². The highest BCUT2D eigenvalue weighted by molar-refractivity contribution is 9.11. The normalized spacial score (nSPS) is 13.1. The molecule has 30 heteroatoms. The highest BCUT2D eigenvalue weighted by Crippen LogP contribution is 2.43. The Bertz CT molecular complexity index is 4340. The summed E-state index contributed by atoms with van der Waals surface area (Å²) in [7, 11) is -2.11. The third kappa shape index (κ3) is 22.3. The van der Waals surface area contributed by atoms with Crippen molar-refractivity contribution >= 4 is 130 Å². The molecule has 11 rings (SSSR count). The molecule has 6 heterocycles. The molecule has 520 valence electrons. The van der Waals surface area contributed by atoms with E-state index in [-0.39, 0.29) is 10.2 Å². The van der Waals surface area contributed by atoms with E-state index in [4.69, 9.17) is 50.9 Å². The largest absolute Gasteiger partial charge is 0.495 e. The molecule has 0 aliphatic carbocycles. The molecule has 0 unspecified atom stereocenters. The van der Waals surface area contributed by atoms with Gasteiger partial charge in [0, 0.05) is 117 Å². The van der Waals surface area contributed by atoms with Gasteiger partial charge in [0.1, 0.15) is 37.4 Å². The Morgan fingerprint density at radius 3 is 1.52 bits per heavy atom. The number of benzene rings is 5. The average molecular weight is 1540 g/mol. The molecule has 0 radical (unpaired) electrons. The molecule has 7 N–H and O–H groups in total. The average Bonchev–Trinajstić information content (AvgIpc) is 1.80. The van der Waals surface area contributed by atoms with Crippen molar-refractivity contribution in [3.63, 3.8) is 0 Å². The van der Waals surface area contributed by atoms with Gasteiger partial charge in [-0.1, -0.05) is 43.2 Å². The molecule has 5 aromatic carbocycles. The summed E-state index contributed by atoms with van der Waals surface area (Å²) >= 11 is 12.8. The molecule has 4 aromatic heterocycles. The molecule has 0 amide bonds. The third-order valence-corrected chi connectivity index (χ3v) is 20.3. The Morgan fingerprint density at radius 2 is 1.09 bits per heavy atom. The fraction of sp³-hybridized carbons (Fsp3) is 0.343. The lowest BCUT2D eigenvalue weighted by Gasteiger charge is -2.30. The first kappa shape index (κ1) is 76.9. The van der Waals surface area contributed by atoms with Crippen molar-refractivity contribution in [3.05, 3.63) is 153 Å². The summed E-state index contributed by atoms with van der Waals surface area (Å²) in [6.45, 7) is 21.7. The number of ether oxygens (including phenoxy) is 4. The number of unbranched alkanes of at least 4 members (excludes halogenated alkanes) is 1. The Labute approximate surface area is 589 Å². The first-order valence-corrected chi connectivity index (χ1v) is 39.4. The lowest BCUT2D eigenvalue weighted by molar-refractivity contribution is 0.122. The van der Waals surface area contributed by atoms with Crippen LogP contribution in [-0.4, -0.2) is 158 Å². The highest BCUT2D eigenvalue weighted by atomic mass is 79.9. The van der Waals surface area contributed by atoms with Gasteiger partial charge in [0.25, 0.3) is 10.1 Å². The maximum Gasteiger partial charge on any atom is 0.294 e. The number of hydrogen-bond donors (Lipinski definition) is 6. The minimum Gasteiger partial charge on any atom is -0.495 e. The summed E-state index contributed by atoms with van der Waals surface area (Å²) in [5.74, 6) is 3.09. The monoisotopic (exact) mass is 1530 g/mol. The van der Waals surface area contributed by atoms with Crippen LogP contribution in [0.3, 0.4) is 0 Å². The topological polar surface area (TPSA) is 301 Å². The summed E-state index contributed by atoms with van der Waals surface area (Å²) in [5.41, 5.74) is 18.0. The molecule has 0 saturated carbocycles. The number of nitrogens with one attached hydrogen (secondary N) is 3. The summed E-state index contributed by atoms with van der Waals surface area (Å²) < 4.78 is 82.5. The standard InChI is InChI=1S/C28H33BrN7O3P.C16H16BrClN5OP.C12H18N2O2.C7H8O3S.C4H10O/c1-18-12-24(36-8-10-39-11-9-36)25(38-3)14-23(18)33-28-30-16-21(29)27(34-28)32-22-7-6-19(13-26(22)40(4,5)37)20-15-31-35(2)17-20;1-23-9-11(7-20-23)10-4-5-13(14(6-10)25(2,3)24)21-15-12(17)8-19-16(18)22-15;1-9-7-11(12(15-2)8-10(9)13)14-3-5-16-6-4-14;1-6-2-4-7(5-3-6)11(8,9)10;1-2-3-4-5/h6-7,12-17H,8-11H2,1-5H3,(H2,30,32,33,34);4-9H,1-3H3,(H,19,21,22);7-8H,3-6,13H2,1-2H3;2-5H,1H3,(H,8,9,10);5H,2-4H2,1H3. The van der Waals surface area contributed by atoms with Gasteiger partial charge in [0.05, 0.1) is 89.6 Å². The van der Waals surface area contributed by atoms with Crippen LogP contribution >= 0.6 is 57.7 Å². The number of anilines is 9. The van der Waals surface area contributed by atoms with E-state index in [0.29, 0.717) is 46.4 Å². The molecule has 2 aliphatic rings. The van der Waals surface area contributed by atoms with Crippen molar-refractivity contribution in [1.29, 1.82) is 0 Å². The number of nitrogens with two attached hydrogens (primary N) is 1. The first-order chi connectivity index (χ1) is 46.0. The number of aliphatic hydroxyl groups excluding tert-OH is 1. The van der Waals surface area contributed by atoms with E-state index in [9.17, 15) is 17.5 Å². The molecule has 24 nitrogen and oxygen atoms in total. The van der Waals surface area contributed by atoms with E-state index in [1.807, 2.05) is 95.8 Å². The molecule has 2 fully saturated rings. The summed E-state index contributed by atoms with van der Waals surface area (Å²) in [6.07, 6.45) is 12.7. The van der Waals surface area contributed by atoms with Crippen LogP contribution in [0.1, 0.15) is 36.5 Å². The van der Waals surface area contributed by atoms with Gasteiger partial charge in [-0.25, -0.2) is 9.97 Å². The number of methoxy groups -OCH3 is 2. The van der Waals surface area contributed by atoms with Crippen LogP contribution in [0.4, 0.5) is 51.7 Å². The van der Waals surface area contributed by atoms with Gasteiger partial charge < -0.3 is 64.7 Å². The fourth-order valence-electron chi connectivity index (χ4n) is 9.78. The molecule has 0 atom stereocenters. The second-order valence-electron chi connectivity index (χ2n) is 23.4.